The third kappa shape index (κ3) is 10.6. The molecule has 1 aromatic heterocycles. The second-order valence-electron chi connectivity index (χ2n) is 5.83. The average molecular weight is 482 g/mol. The van der Waals surface area contributed by atoms with Crippen molar-refractivity contribution in [2.45, 2.75) is 58.9 Å². The number of halogens is 1. The lowest BCUT2D eigenvalue weighted by atomic mass is 10.2. The maximum Gasteiger partial charge on any atom is 0.305 e. The first kappa shape index (κ1) is 24.1. The van der Waals surface area contributed by atoms with Crippen molar-refractivity contribution in [3.05, 3.63) is 16.1 Å². The highest BCUT2D eigenvalue weighted by Gasteiger charge is 2.05. The van der Waals surface area contributed by atoms with E-state index in [0.29, 0.717) is 18.9 Å². The van der Waals surface area contributed by atoms with Crippen LogP contribution in [0.2, 0.25) is 0 Å². The largest absolute Gasteiger partial charge is 0.469 e. The van der Waals surface area contributed by atoms with Crippen LogP contribution in [-0.2, 0) is 16.1 Å². The first-order valence-corrected chi connectivity index (χ1v) is 9.48. The highest BCUT2D eigenvalue weighted by atomic mass is 127. The lowest BCUT2D eigenvalue weighted by Crippen LogP contribution is -2.37. The van der Waals surface area contributed by atoms with Gasteiger partial charge in [0.25, 0.3) is 0 Å². The molecule has 0 amide bonds. The second kappa shape index (κ2) is 14.3. The van der Waals surface area contributed by atoms with Crippen molar-refractivity contribution in [1.82, 2.24) is 15.6 Å². The number of esters is 1. The van der Waals surface area contributed by atoms with E-state index in [2.05, 4.69) is 44.6 Å². The molecule has 1 aromatic rings. The molecule has 0 aliphatic carbocycles. The fraction of sp³-hybridized carbons (Fsp3) is 0.706. The fourth-order valence-electron chi connectivity index (χ4n) is 2.03. The van der Waals surface area contributed by atoms with Crippen molar-refractivity contribution in [3.63, 3.8) is 0 Å². The summed E-state index contributed by atoms with van der Waals surface area (Å²) in [6.07, 6.45) is 3.34. The lowest BCUT2D eigenvalue weighted by Gasteiger charge is -2.10. The summed E-state index contributed by atoms with van der Waals surface area (Å²) in [5, 5.41) is 9.71. The highest BCUT2D eigenvalue weighted by molar-refractivity contribution is 14.0. The van der Waals surface area contributed by atoms with E-state index in [1.807, 2.05) is 6.92 Å². The van der Waals surface area contributed by atoms with Gasteiger partial charge >= 0.3 is 5.97 Å². The van der Waals surface area contributed by atoms with Gasteiger partial charge < -0.3 is 15.4 Å². The van der Waals surface area contributed by atoms with Gasteiger partial charge in [-0.2, -0.15) is 0 Å². The van der Waals surface area contributed by atoms with Crippen molar-refractivity contribution >= 4 is 47.2 Å². The third-order valence-corrected chi connectivity index (χ3v) is 4.31. The summed E-state index contributed by atoms with van der Waals surface area (Å²) in [4.78, 5) is 20.2. The van der Waals surface area contributed by atoms with E-state index >= 15 is 0 Å². The zero-order valence-electron chi connectivity index (χ0n) is 15.6. The van der Waals surface area contributed by atoms with E-state index in [1.165, 1.54) is 7.11 Å². The van der Waals surface area contributed by atoms with Crippen LogP contribution in [-0.4, -0.2) is 37.1 Å². The number of carbonyl (C=O) groups is 1. The Labute approximate surface area is 172 Å². The molecule has 144 valence electrons. The van der Waals surface area contributed by atoms with E-state index < -0.39 is 0 Å². The molecular weight excluding hydrogens is 451 g/mol. The summed E-state index contributed by atoms with van der Waals surface area (Å²) in [5.74, 6) is 1.13. The number of hydrogen-bond acceptors (Lipinski definition) is 5. The molecule has 6 nitrogen and oxygen atoms in total. The number of ether oxygens (including phenoxy) is 1. The Balaban J connectivity index is 0.00000576. The van der Waals surface area contributed by atoms with E-state index in [9.17, 15) is 4.79 Å². The molecule has 2 N–H and O–H groups in total. The van der Waals surface area contributed by atoms with Crippen LogP contribution in [0.3, 0.4) is 0 Å². The maximum absolute atomic E-state index is 11.0. The number of methoxy groups -OCH3 is 1. The minimum Gasteiger partial charge on any atom is -0.469 e. The monoisotopic (exact) mass is 482 g/mol. The van der Waals surface area contributed by atoms with E-state index in [1.54, 1.807) is 11.3 Å². The Hall–Kier alpha value is -0.900. The van der Waals surface area contributed by atoms with Crippen LogP contribution in [0.4, 0.5) is 0 Å². The molecule has 25 heavy (non-hydrogen) atoms. The first-order valence-electron chi connectivity index (χ1n) is 8.60. The molecule has 0 bridgehead atoms. The van der Waals surface area contributed by atoms with Crippen molar-refractivity contribution in [1.29, 1.82) is 0 Å². The van der Waals surface area contributed by atoms with Crippen LogP contribution in [0.1, 0.15) is 63.1 Å². The summed E-state index contributed by atoms with van der Waals surface area (Å²) in [6.45, 7) is 8.59. The zero-order valence-corrected chi connectivity index (χ0v) is 18.8. The van der Waals surface area contributed by atoms with Gasteiger partial charge in [-0.15, -0.1) is 35.3 Å². The Morgan fingerprint density at radius 3 is 2.68 bits per heavy atom. The Kier molecular flexibility index (Phi) is 13.8. The summed E-state index contributed by atoms with van der Waals surface area (Å²) in [7, 11) is 1.43. The van der Waals surface area contributed by atoms with Gasteiger partial charge in [-0.3, -0.25) is 4.79 Å². The average Bonchev–Trinajstić information content (AvgIpc) is 3.04. The minimum absolute atomic E-state index is 0. The van der Waals surface area contributed by atoms with Crippen LogP contribution in [0.15, 0.2) is 10.4 Å². The van der Waals surface area contributed by atoms with Gasteiger partial charge in [0.2, 0.25) is 0 Å². The predicted octanol–water partition coefficient (Wildman–Crippen LogP) is 3.67. The van der Waals surface area contributed by atoms with Crippen molar-refractivity contribution < 1.29 is 9.53 Å². The molecule has 1 heterocycles. The SMILES string of the molecule is CCNC(=NCc1nc(C(C)C)cs1)NCCCCCC(=O)OC.I. The fourth-order valence-corrected chi connectivity index (χ4v) is 2.91. The van der Waals surface area contributed by atoms with Gasteiger partial charge in [-0.05, 0) is 25.7 Å². The number of carbonyl (C=O) groups excluding carboxylic acids is 1. The second-order valence-corrected chi connectivity index (χ2v) is 6.77. The quantitative estimate of drug-likeness (QED) is 0.175. The molecule has 0 aromatic carbocycles. The number of nitrogens with one attached hydrogen (secondary N) is 2. The number of nitrogens with zero attached hydrogens (tertiary/aromatic N) is 2. The van der Waals surface area contributed by atoms with Crippen LogP contribution >= 0.6 is 35.3 Å². The van der Waals surface area contributed by atoms with Gasteiger partial charge in [0.1, 0.15) is 5.01 Å². The van der Waals surface area contributed by atoms with Crippen LogP contribution in [0.25, 0.3) is 0 Å². The van der Waals surface area contributed by atoms with Gasteiger partial charge in [-0.25, -0.2) is 9.98 Å². The number of hydrogen-bond donors (Lipinski definition) is 2. The molecule has 1 rings (SSSR count). The summed E-state index contributed by atoms with van der Waals surface area (Å²) in [5.41, 5.74) is 1.13. The maximum atomic E-state index is 11.0. The molecule has 0 spiro atoms. The molecule has 0 fully saturated rings. The van der Waals surface area contributed by atoms with Crippen LogP contribution < -0.4 is 10.6 Å². The molecule has 0 radical (unpaired) electrons. The van der Waals surface area contributed by atoms with Gasteiger partial charge in [0, 0.05) is 24.9 Å². The molecule has 8 heteroatoms. The third-order valence-electron chi connectivity index (χ3n) is 3.46. The lowest BCUT2D eigenvalue weighted by molar-refractivity contribution is -0.140. The van der Waals surface area contributed by atoms with E-state index in [0.717, 1.165) is 49.0 Å². The molecular formula is C17H31IN4O2S. The molecule has 0 aliphatic heterocycles. The number of aliphatic imine (C=N–C) groups is 1. The minimum atomic E-state index is -0.137. The summed E-state index contributed by atoms with van der Waals surface area (Å²) >= 11 is 1.66. The normalized spacial score (nSPS) is 11.2. The van der Waals surface area contributed by atoms with Crippen molar-refractivity contribution in [2.75, 3.05) is 20.2 Å². The van der Waals surface area contributed by atoms with Crippen molar-refractivity contribution in [2.24, 2.45) is 4.99 Å². The molecule has 0 saturated carbocycles. The standard InChI is InChI=1S/C17H30N4O2S.HI/c1-5-18-17(19-10-8-6-7-9-16(22)23-4)20-11-15-21-14(12-24-15)13(2)3;/h12-13H,5-11H2,1-4H3,(H2,18,19,20);1H. The van der Waals surface area contributed by atoms with E-state index in [-0.39, 0.29) is 29.9 Å². The molecule has 0 unspecified atom stereocenters. The molecule has 0 aliphatic rings. The van der Waals surface area contributed by atoms with Gasteiger partial charge in [-0.1, -0.05) is 20.3 Å². The topological polar surface area (TPSA) is 75.6 Å². The van der Waals surface area contributed by atoms with Gasteiger partial charge in [0.15, 0.2) is 5.96 Å². The highest BCUT2D eigenvalue weighted by Crippen LogP contribution is 2.18. The smallest absolute Gasteiger partial charge is 0.305 e. The number of rotatable bonds is 10. The number of unbranched alkanes of at least 4 members (excludes halogenated alkanes) is 2. The number of guanidine groups is 1. The summed E-state index contributed by atoms with van der Waals surface area (Å²) < 4.78 is 4.63. The van der Waals surface area contributed by atoms with Crippen molar-refractivity contribution in [3.8, 4) is 0 Å². The van der Waals surface area contributed by atoms with E-state index in [4.69, 9.17) is 0 Å². The Bertz CT molecular complexity index is 521. The molecule has 0 atom stereocenters. The number of thiazole rings is 1. The number of aromatic nitrogens is 1. The Morgan fingerprint density at radius 2 is 2.08 bits per heavy atom. The van der Waals surface area contributed by atoms with Crippen LogP contribution in [0.5, 0.6) is 0 Å². The summed E-state index contributed by atoms with van der Waals surface area (Å²) in [6, 6.07) is 0. The van der Waals surface area contributed by atoms with Gasteiger partial charge in [0.05, 0.1) is 19.3 Å². The predicted molar refractivity (Wildman–Crippen MR) is 115 cm³/mol. The first-order chi connectivity index (χ1) is 11.6. The Morgan fingerprint density at radius 1 is 1.32 bits per heavy atom. The zero-order chi connectivity index (χ0) is 17.8. The van der Waals surface area contributed by atoms with Crippen LogP contribution in [0, 0.1) is 0 Å². The molecule has 0 saturated heterocycles.